The van der Waals surface area contributed by atoms with Gasteiger partial charge in [0.25, 0.3) is 0 Å². The van der Waals surface area contributed by atoms with Crippen LogP contribution >= 0.6 is 0 Å². The highest BCUT2D eigenvalue weighted by Gasteiger charge is 2.32. The largest absolute Gasteiger partial charge is 0.508 e. The average molecular weight is 471 g/mol. The lowest BCUT2D eigenvalue weighted by molar-refractivity contribution is -0.168. The number of aliphatic hydroxyl groups is 1. The first-order valence-corrected chi connectivity index (χ1v) is 10.8. The molecule has 7 heteroatoms. The lowest BCUT2D eigenvalue weighted by atomic mass is 9.93. The van der Waals surface area contributed by atoms with Crippen LogP contribution in [0.25, 0.3) is 0 Å². The van der Waals surface area contributed by atoms with Gasteiger partial charge in [-0.05, 0) is 52.2 Å². The molecule has 7 nitrogen and oxygen atoms in total. The quantitative estimate of drug-likeness (QED) is 0.108. The van der Waals surface area contributed by atoms with E-state index in [-0.39, 0.29) is 43.8 Å². The first kappa shape index (κ1) is 30.4. The number of aldehydes is 1. The van der Waals surface area contributed by atoms with Crippen LogP contribution in [-0.2, 0) is 28.7 Å². The molecule has 34 heavy (non-hydrogen) atoms. The SMILES string of the molecule is C#CCC(C=O)C(=O)CC/C(C(O)=C(C)C)=C(/C=C)COC(=O)C(CC#C)C(=O)OC(C)(C)C. The molecular weight excluding hydrogens is 436 g/mol. The summed E-state index contributed by atoms with van der Waals surface area (Å²) in [7, 11) is 0. The fourth-order valence-electron chi connectivity index (χ4n) is 2.80. The van der Waals surface area contributed by atoms with E-state index in [9.17, 15) is 24.3 Å². The predicted molar refractivity (Wildman–Crippen MR) is 129 cm³/mol. The van der Waals surface area contributed by atoms with Gasteiger partial charge in [-0.1, -0.05) is 12.7 Å². The number of rotatable bonds is 13. The summed E-state index contributed by atoms with van der Waals surface area (Å²) in [6, 6.07) is 0. The number of aliphatic hydroxyl groups excluding tert-OH is 1. The van der Waals surface area contributed by atoms with Crippen molar-refractivity contribution in [2.75, 3.05) is 6.61 Å². The van der Waals surface area contributed by atoms with Crippen molar-refractivity contribution in [1.29, 1.82) is 0 Å². The van der Waals surface area contributed by atoms with E-state index in [1.165, 1.54) is 6.08 Å². The second-order valence-corrected chi connectivity index (χ2v) is 8.78. The van der Waals surface area contributed by atoms with Gasteiger partial charge in [0.05, 0.1) is 5.92 Å². The van der Waals surface area contributed by atoms with Crippen molar-refractivity contribution in [2.24, 2.45) is 11.8 Å². The van der Waals surface area contributed by atoms with E-state index < -0.39 is 29.4 Å². The topological polar surface area (TPSA) is 107 Å². The molecule has 0 saturated carbocycles. The summed E-state index contributed by atoms with van der Waals surface area (Å²) in [4.78, 5) is 48.5. The highest BCUT2D eigenvalue weighted by molar-refractivity contribution is 5.95. The predicted octanol–water partition coefficient (Wildman–Crippen LogP) is 4.03. The molecule has 184 valence electrons. The first-order chi connectivity index (χ1) is 15.8. The Kier molecular flexibility index (Phi) is 13.0. The normalized spacial score (nSPS) is 13.1. The molecule has 0 bridgehead atoms. The molecule has 2 unspecified atom stereocenters. The van der Waals surface area contributed by atoms with Gasteiger partial charge in [-0.25, -0.2) is 0 Å². The Morgan fingerprint density at radius 3 is 2.09 bits per heavy atom. The minimum Gasteiger partial charge on any atom is -0.508 e. The van der Waals surface area contributed by atoms with Crippen molar-refractivity contribution in [3.8, 4) is 24.7 Å². The van der Waals surface area contributed by atoms with E-state index in [0.29, 0.717) is 23.0 Å². The Bertz CT molecular complexity index is 925. The third-order valence-electron chi connectivity index (χ3n) is 4.60. The highest BCUT2D eigenvalue weighted by Crippen LogP contribution is 2.24. The molecule has 0 aromatic heterocycles. The zero-order chi connectivity index (χ0) is 26.5. The summed E-state index contributed by atoms with van der Waals surface area (Å²) in [6.45, 7) is 11.7. The third-order valence-corrected chi connectivity index (χ3v) is 4.60. The summed E-state index contributed by atoms with van der Waals surface area (Å²) in [5, 5.41) is 10.6. The van der Waals surface area contributed by atoms with Crippen LogP contribution in [0.1, 0.15) is 60.3 Å². The van der Waals surface area contributed by atoms with Gasteiger partial charge in [0.1, 0.15) is 30.0 Å². The first-order valence-electron chi connectivity index (χ1n) is 10.8. The number of esters is 2. The van der Waals surface area contributed by atoms with Gasteiger partial charge in [0.2, 0.25) is 0 Å². The fourth-order valence-corrected chi connectivity index (χ4v) is 2.80. The number of hydrogen-bond acceptors (Lipinski definition) is 7. The van der Waals surface area contributed by atoms with Crippen LogP contribution in [0, 0.1) is 36.5 Å². The molecule has 0 aromatic rings. The number of Topliss-reactive ketones (excluding diaryl/α,β-unsaturated/α-hetero) is 1. The molecular formula is C27H34O7. The third kappa shape index (κ3) is 10.4. The maximum Gasteiger partial charge on any atom is 0.321 e. The molecule has 0 rings (SSSR count). The minimum atomic E-state index is -1.31. The lowest BCUT2D eigenvalue weighted by Crippen LogP contribution is -2.33. The minimum absolute atomic E-state index is 0.0107. The number of carbonyl (C=O) groups is 4. The van der Waals surface area contributed by atoms with E-state index >= 15 is 0 Å². The molecule has 0 heterocycles. The van der Waals surface area contributed by atoms with E-state index in [1.54, 1.807) is 34.6 Å². The van der Waals surface area contributed by atoms with Crippen molar-refractivity contribution in [3.05, 3.63) is 35.1 Å². The summed E-state index contributed by atoms with van der Waals surface area (Å²) in [5.41, 5.74) is 0.405. The van der Waals surface area contributed by atoms with Gasteiger partial charge in [-0.3, -0.25) is 14.4 Å². The lowest BCUT2D eigenvalue weighted by Gasteiger charge is -2.22. The molecule has 0 aliphatic heterocycles. The molecule has 0 aromatic carbocycles. The second kappa shape index (κ2) is 14.5. The summed E-state index contributed by atoms with van der Waals surface area (Å²) < 4.78 is 10.6. The van der Waals surface area contributed by atoms with Crippen LogP contribution in [0.4, 0.5) is 0 Å². The zero-order valence-electron chi connectivity index (χ0n) is 20.6. The number of terminal acetylenes is 2. The number of ether oxygens (including phenoxy) is 2. The maximum absolute atomic E-state index is 12.6. The number of hydrogen-bond donors (Lipinski definition) is 1. The summed E-state index contributed by atoms with van der Waals surface area (Å²) in [5.74, 6) is 0.182. The molecule has 0 aliphatic rings. The number of ketones is 1. The van der Waals surface area contributed by atoms with Gasteiger partial charge < -0.3 is 19.4 Å². The number of carbonyl (C=O) groups excluding carboxylic acids is 4. The van der Waals surface area contributed by atoms with Gasteiger partial charge >= 0.3 is 11.9 Å². The molecule has 0 spiro atoms. The van der Waals surface area contributed by atoms with Crippen LogP contribution < -0.4 is 0 Å². The summed E-state index contributed by atoms with van der Waals surface area (Å²) >= 11 is 0. The molecule has 0 radical (unpaired) electrons. The fraction of sp³-hybridized carbons (Fsp3) is 0.481. The smallest absolute Gasteiger partial charge is 0.321 e. The van der Waals surface area contributed by atoms with Crippen molar-refractivity contribution in [1.82, 2.24) is 0 Å². The van der Waals surface area contributed by atoms with E-state index in [1.807, 2.05) is 0 Å². The zero-order valence-corrected chi connectivity index (χ0v) is 20.6. The Morgan fingerprint density at radius 2 is 1.65 bits per heavy atom. The molecule has 1 N–H and O–H groups in total. The van der Waals surface area contributed by atoms with Crippen LogP contribution in [-0.4, -0.2) is 41.3 Å². The standard InChI is InChI=1S/C27H34O7/c1-9-12-20(16-28)23(29)15-14-21(24(30)18(4)5)19(11-3)17-33-25(31)22(13-10-2)26(32)34-27(6,7)8/h1-2,11,16,20,22,30H,3,12-15,17H2,4-8H3/b21-19+. The van der Waals surface area contributed by atoms with Gasteiger partial charge in [0, 0.05) is 24.8 Å². The Morgan fingerprint density at radius 1 is 1.06 bits per heavy atom. The van der Waals surface area contributed by atoms with Crippen LogP contribution in [0.3, 0.4) is 0 Å². The summed E-state index contributed by atoms with van der Waals surface area (Å²) in [6.07, 6.45) is 12.2. The van der Waals surface area contributed by atoms with Gasteiger partial charge in [-0.2, -0.15) is 0 Å². The number of allylic oxidation sites excluding steroid dienone is 2. The van der Waals surface area contributed by atoms with E-state index in [0.717, 1.165) is 0 Å². The highest BCUT2D eigenvalue weighted by atomic mass is 16.6. The molecule has 0 aliphatic carbocycles. The van der Waals surface area contributed by atoms with Crippen LogP contribution in [0.15, 0.2) is 35.1 Å². The monoisotopic (exact) mass is 470 g/mol. The van der Waals surface area contributed by atoms with Crippen LogP contribution in [0.2, 0.25) is 0 Å². The van der Waals surface area contributed by atoms with Crippen molar-refractivity contribution < 1.29 is 33.8 Å². The van der Waals surface area contributed by atoms with Crippen molar-refractivity contribution in [3.63, 3.8) is 0 Å². The maximum atomic E-state index is 12.6. The molecule has 2 atom stereocenters. The average Bonchev–Trinajstić information content (AvgIpc) is 2.75. The molecule has 0 fully saturated rings. The molecule has 0 amide bonds. The Hall–Kier alpha value is -3.58. The van der Waals surface area contributed by atoms with Crippen molar-refractivity contribution in [2.45, 2.75) is 65.9 Å². The Balaban J connectivity index is 5.79. The Labute approximate surface area is 202 Å². The van der Waals surface area contributed by atoms with E-state index in [2.05, 4.69) is 18.4 Å². The van der Waals surface area contributed by atoms with Crippen LogP contribution in [0.5, 0.6) is 0 Å². The van der Waals surface area contributed by atoms with Gasteiger partial charge in [-0.15, -0.1) is 24.7 Å². The van der Waals surface area contributed by atoms with Gasteiger partial charge in [0.15, 0.2) is 5.92 Å². The molecule has 0 saturated heterocycles. The second-order valence-electron chi connectivity index (χ2n) is 8.78. The van der Waals surface area contributed by atoms with E-state index in [4.69, 9.17) is 22.3 Å². The van der Waals surface area contributed by atoms with Crippen molar-refractivity contribution >= 4 is 24.0 Å².